The summed E-state index contributed by atoms with van der Waals surface area (Å²) >= 11 is 0. The van der Waals surface area contributed by atoms with Crippen molar-refractivity contribution in [1.82, 2.24) is 19.8 Å². The molecule has 0 atom stereocenters. The Bertz CT molecular complexity index is 1340. The van der Waals surface area contributed by atoms with Crippen LogP contribution in [-0.4, -0.2) is 31.6 Å². The summed E-state index contributed by atoms with van der Waals surface area (Å²) in [5.41, 5.74) is 0.661. The first kappa shape index (κ1) is 19.7. The Morgan fingerprint density at radius 3 is 2.81 bits per heavy atom. The summed E-state index contributed by atoms with van der Waals surface area (Å²) in [7, 11) is 0. The Kier molecular flexibility index (Phi) is 4.77. The number of aromatic nitrogens is 4. The fraction of sp³-hybridized carbons (Fsp3) is 0.190. The van der Waals surface area contributed by atoms with Crippen LogP contribution in [0.2, 0.25) is 0 Å². The number of carbonyl (C=O) groups excluding carboxylic acids is 2. The van der Waals surface area contributed by atoms with Gasteiger partial charge >= 0.3 is 0 Å². The quantitative estimate of drug-likeness (QED) is 0.474. The monoisotopic (exact) mass is 436 g/mol. The first-order valence-electron chi connectivity index (χ1n) is 9.83. The van der Waals surface area contributed by atoms with Crippen LogP contribution in [0.5, 0.6) is 11.6 Å². The van der Waals surface area contributed by atoms with E-state index in [0.717, 1.165) is 12.8 Å². The molecule has 1 aromatic carbocycles. The first-order chi connectivity index (χ1) is 15.5. The summed E-state index contributed by atoms with van der Waals surface area (Å²) in [6.45, 7) is 1.58. The number of hydrogen-bond donors (Lipinski definition) is 2. The molecule has 32 heavy (non-hydrogen) atoms. The van der Waals surface area contributed by atoms with Gasteiger partial charge in [-0.2, -0.15) is 0 Å². The molecule has 5 rings (SSSR count). The Hall–Kier alpha value is -4.28. The fourth-order valence-corrected chi connectivity index (χ4v) is 3.04. The van der Waals surface area contributed by atoms with E-state index < -0.39 is 11.7 Å². The minimum absolute atomic E-state index is 0.0489. The maximum atomic E-state index is 14.2. The number of amides is 2. The van der Waals surface area contributed by atoms with E-state index >= 15 is 0 Å². The number of anilines is 2. The lowest BCUT2D eigenvalue weighted by atomic mass is 10.2. The second-order valence-corrected chi connectivity index (χ2v) is 7.36. The van der Waals surface area contributed by atoms with Gasteiger partial charge in [0.05, 0.1) is 18.1 Å². The fourth-order valence-electron chi connectivity index (χ4n) is 3.04. The Balaban J connectivity index is 1.33. The van der Waals surface area contributed by atoms with Gasteiger partial charge in [-0.15, -0.1) is 5.10 Å². The van der Waals surface area contributed by atoms with Gasteiger partial charge in [0.2, 0.25) is 11.8 Å². The molecule has 0 bridgehead atoms. The number of carbonyl (C=O) groups is 2. The van der Waals surface area contributed by atoms with E-state index in [1.165, 1.54) is 28.9 Å². The number of fused-ring (bicyclic) bond motifs is 1. The molecule has 10 nitrogen and oxygen atoms in total. The van der Waals surface area contributed by atoms with Gasteiger partial charge in [-0.05, 0) is 38.0 Å². The summed E-state index contributed by atoms with van der Waals surface area (Å²) in [5, 5.41) is 13.1. The summed E-state index contributed by atoms with van der Waals surface area (Å²) < 4.78 is 26.3. The van der Waals surface area contributed by atoms with Gasteiger partial charge in [0.25, 0.3) is 5.91 Å². The van der Waals surface area contributed by atoms with E-state index in [9.17, 15) is 14.0 Å². The topological polar surface area (TPSA) is 124 Å². The highest BCUT2D eigenvalue weighted by atomic mass is 19.1. The van der Waals surface area contributed by atoms with Crippen molar-refractivity contribution in [2.45, 2.75) is 19.8 Å². The van der Waals surface area contributed by atoms with Crippen molar-refractivity contribution in [1.29, 1.82) is 0 Å². The molecule has 11 heteroatoms. The maximum Gasteiger partial charge on any atom is 0.260 e. The van der Waals surface area contributed by atoms with Crippen LogP contribution < -0.4 is 15.4 Å². The van der Waals surface area contributed by atoms with Crippen molar-refractivity contribution in [3.05, 3.63) is 59.9 Å². The average molecular weight is 436 g/mol. The zero-order chi connectivity index (χ0) is 22.2. The molecule has 0 saturated heterocycles. The van der Waals surface area contributed by atoms with Crippen molar-refractivity contribution in [3.63, 3.8) is 0 Å². The summed E-state index contributed by atoms with van der Waals surface area (Å²) in [4.78, 5) is 28.5. The summed E-state index contributed by atoms with van der Waals surface area (Å²) in [6, 6.07) is 7.20. The van der Waals surface area contributed by atoms with Gasteiger partial charge in [0, 0.05) is 18.1 Å². The van der Waals surface area contributed by atoms with Gasteiger partial charge in [0.15, 0.2) is 11.5 Å². The Labute approximate surface area is 180 Å². The highest BCUT2D eigenvalue weighted by Crippen LogP contribution is 2.30. The number of hydrogen-bond acceptors (Lipinski definition) is 7. The third-order valence-electron chi connectivity index (χ3n) is 4.90. The molecular formula is C21H17FN6O4. The minimum atomic E-state index is -0.631. The number of ether oxygens (including phenoxy) is 1. The second kappa shape index (κ2) is 7.76. The second-order valence-electron chi connectivity index (χ2n) is 7.36. The zero-order valence-electron chi connectivity index (χ0n) is 16.8. The van der Waals surface area contributed by atoms with E-state index in [-0.39, 0.29) is 34.7 Å². The van der Waals surface area contributed by atoms with Crippen LogP contribution in [0, 0.1) is 18.7 Å². The van der Waals surface area contributed by atoms with Crippen LogP contribution in [0.15, 0.2) is 47.2 Å². The van der Waals surface area contributed by atoms with Crippen LogP contribution in [-0.2, 0) is 4.79 Å². The van der Waals surface area contributed by atoms with Crippen molar-refractivity contribution < 1.29 is 23.2 Å². The number of imidazole rings is 1. The van der Waals surface area contributed by atoms with Gasteiger partial charge in [0.1, 0.15) is 22.9 Å². The lowest BCUT2D eigenvalue weighted by molar-refractivity contribution is -0.117. The summed E-state index contributed by atoms with van der Waals surface area (Å²) in [6.07, 6.45) is 4.64. The van der Waals surface area contributed by atoms with E-state index in [2.05, 4.69) is 25.9 Å². The molecule has 1 fully saturated rings. The number of nitrogens with zero attached hydrogens (tertiary/aromatic N) is 4. The van der Waals surface area contributed by atoms with Crippen molar-refractivity contribution in [2.24, 2.45) is 5.92 Å². The molecule has 1 saturated carbocycles. The largest absolute Gasteiger partial charge is 0.438 e. The molecule has 3 heterocycles. The highest BCUT2D eigenvalue weighted by molar-refractivity contribution is 6.04. The molecule has 162 valence electrons. The zero-order valence-corrected chi connectivity index (χ0v) is 16.8. The predicted molar refractivity (Wildman–Crippen MR) is 110 cm³/mol. The van der Waals surface area contributed by atoms with Crippen molar-refractivity contribution >= 4 is 29.0 Å². The van der Waals surface area contributed by atoms with E-state index in [1.54, 1.807) is 25.3 Å². The van der Waals surface area contributed by atoms with Crippen LogP contribution >= 0.6 is 0 Å². The molecule has 0 unspecified atom stereocenters. The molecule has 1 aliphatic carbocycles. The molecule has 1 aliphatic rings. The van der Waals surface area contributed by atoms with Crippen LogP contribution in [0.3, 0.4) is 0 Å². The number of aryl methyl sites for hydroxylation is 1. The molecule has 0 aliphatic heterocycles. The standard InChI is InChI=1S/C21H17FN6O4/c1-11-14(9-23-32-11)21(30)24-16-8-13(4-5-15(16)22)31-19-7-6-18-25-17(10-28(18)27-19)26-20(29)12-2-3-12/h4-10,12H,2-3H2,1H3,(H,24,30)(H,26,29). The van der Waals surface area contributed by atoms with Crippen LogP contribution in [0.1, 0.15) is 29.0 Å². The lowest BCUT2D eigenvalue weighted by Crippen LogP contribution is -2.13. The number of rotatable bonds is 6. The third-order valence-corrected chi connectivity index (χ3v) is 4.90. The van der Waals surface area contributed by atoms with Crippen LogP contribution in [0.4, 0.5) is 15.9 Å². The number of nitrogens with one attached hydrogen (secondary N) is 2. The van der Waals surface area contributed by atoms with Gasteiger partial charge < -0.3 is 19.9 Å². The molecular weight excluding hydrogens is 419 g/mol. The normalized spacial score (nSPS) is 13.2. The Morgan fingerprint density at radius 1 is 1.22 bits per heavy atom. The number of benzene rings is 1. The van der Waals surface area contributed by atoms with Gasteiger partial charge in [-0.25, -0.2) is 13.9 Å². The molecule has 4 aromatic rings. The van der Waals surface area contributed by atoms with E-state index in [1.807, 2.05) is 0 Å². The predicted octanol–water partition coefficient (Wildman–Crippen LogP) is 3.56. The van der Waals surface area contributed by atoms with Crippen LogP contribution in [0.25, 0.3) is 5.65 Å². The molecule has 2 amide bonds. The van der Waals surface area contributed by atoms with E-state index in [0.29, 0.717) is 17.2 Å². The SMILES string of the molecule is Cc1oncc1C(=O)Nc1cc(Oc2ccc3nc(NC(=O)C4CC4)cn3n2)ccc1F. The van der Waals surface area contributed by atoms with Gasteiger partial charge in [-0.1, -0.05) is 5.16 Å². The number of halogens is 1. The third kappa shape index (κ3) is 4.00. The van der Waals surface area contributed by atoms with Crippen molar-refractivity contribution in [2.75, 3.05) is 10.6 Å². The summed E-state index contributed by atoms with van der Waals surface area (Å²) in [5.74, 6) is 0.0305. The van der Waals surface area contributed by atoms with Crippen molar-refractivity contribution in [3.8, 4) is 11.6 Å². The highest BCUT2D eigenvalue weighted by Gasteiger charge is 2.30. The molecule has 3 aromatic heterocycles. The smallest absolute Gasteiger partial charge is 0.260 e. The Morgan fingerprint density at radius 2 is 2.06 bits per heavy atom. The molecule has 0 radical (unpaired) electrons. The first-order valence-corrected chi connectivity index (χ1v) is 9.83. The average Bonchev–Trinajstić information content (AvgIpc) is 3.41. The molecule has 2 N–H and O–H groups in total. The van der Waals surface area contributed by atoms with Gasteiger partial charge in [-0.3, -0.25) is 9.59 Å². The van der Waals surface area contributed by atoms with E-state index in [4.69, 9.17) is 9.26 Å². The maximum absolute atomic E-state index is 14.2. The molecule has 0 spiro atoms. The minimum Gasteiger partial charge on any atom is -0.438 e. The lowest BCUT2D eigenvalue weighted by Gasteiger charge is -2.09.